The Hall–Kier alpha value is -2.97. The molecule has 3 aromatic heterocycles. The maximum absolute atomic E-state index is 10.5. The summed E-state index contributed by atoms with van der Waals surface area (Å²) in [4.78, 5) is 8.44. The Bertz CT molecular complexity index is 1020. The van der Waals surface area contributed by atoms with E-state index in [4.69, 9.17) is 4.42 Å². The van der Waals surface area contributed by atoms with Gasteiger partial charge in [-0.25, -0.2) is 4.98 Å². The van der Waals surface area contributed by atoms with Crippen molar-refractivity contribution >= 4 is 11.8 Å². The number of rotatable bonds is 7. The third-order valence-corrected chi connectivity index (χ3v) is 5.28. The van der Waals surface area contributed by atoms with Crippen LogP contribution in [0.25, 0.3) is 11.5 Å². The number of hydrogen-bond donors (Lipinski definition) is 1. The Kier molecular flexibility index (Phi) is 5.50. The van der Waals surface area contributed by atoms with Gasteiger partial charge in [0.25, 0.3) is 0 Å². The van der Waals surface area contributed by atoms with Crippen LogP contribution in [0.3, 0.4) is 0 Å². The number of furan rings is 1. The van der Waals surface area contributed by atoms with Gasteiger partial charge in [0.05, 0.1) is 25.1 Å². The molecule has 7 nitrogen and oxygen atoms in total. The van der Waals surface area contributed by atoms with Gasteiger partial charge in [-0.2, -0.15) is 0 Å². The van der Waals surface area contributed by atoms with Gasteiger partial charge in [-0.15, -0.1) is 10.2 Å². The molecular formula is C20H19N5O2S. The quantitative estimate of drug-likeness (QED) is 0.481. The fourth-order valence-corrected chi connectivity index (χ4v) is 3.64. The van der Waals surface area contributed by atoms with Gasteiger partial charge >= 0.3 is 0 Å². The first-order valence-corrected chi connectivity index (χ1v) is 9.78. The number of aromatic nitrogens is 5. The summed E-state index contributed by atoms with van der Waals surface area (Å²) in [6.45, 7) is 2.49. The molecule has 1 N–H and O–H groups in total. The second kappa shape index (κ2) is 8.37. The summed E-state index contributed by atoms with van der Waals surface area (Å²) in [5.74, 6) is 1.85. The van der Waals surface area contributed by atoms with Crippen LogP contribution < -0.4 is 0 Å². The van der Waals surface area contributed by atoms with E-state index in [1.165, 1.54) is 11.8 Å². The average molecular weight is 393 g/mol. The van der Waals surface area contributed by atoms with E-state index in [0.717, 1.165) is 16.9 Å². The Balaban J connectivity index is 1.57. The van der Waals surface area contributed by atoms with Crippen LogP contribution in [0.1, 0.15) is 23.0 Å². The summed E-state index contributed by atoms with van der Waals surface area (Å²) in [5.41, 5.74) is 2.67. The number of aliphatic hydroxyl groups is 1. The second-order valence-corrected chi connectivity index (χ2v) is 7.29. The lowest BCUT2D eigenvalue weighted by Crippen LogP contribution is -2.06. The number of aryl methyl sites for hydroxylation is 1. The molecule has 1 atom stereocenters. The normalized spacial score (nSPS) is 12.2. The van der Waals surface area contributed by atoms with Crippen molar-refractivity contribution in [2.45, 2.75) is 24.7 Å². The highest BCUT2D eigenvalue weighted by Crippen LogP contribution is 2.27. The van der Waals surface area contributed by atoms with Crippen molar-refractivity contribution in [1.82, 2.24) is 24.7 Å². The molecule has 3 heterocycles. The first-order valence-electron chi connectivity index (χ1n) is 8.80. The zero-order valence-corrected chi connectivity index (χ0v) is 16.1. The molecule has 1 unspecified atom stereocenters. The molecule has 0 radical (unpaired) electrons. The molecule has 1 aromatic carbocycles. The van der Waals surface area contributed by atoms with E-state index in [1.807, 2.05) is 47.9 Å². The molecule has 0 aliphatic carbocycles. The molecule has 0 bridgehead atoms. The minimum absolute atomic E-state index is 0.458. The van der Waals surface area contributed by atoms with Gasteiger partial charge < -0.3 is 9.52 Å². The number of hydrogen-bond acceptors (Lipinski definition) is 7. The van der Waals surface area contributed by atoms with Gasteiger partial charge in [-0.3, -0.25) is 9.55 Å². The van der Waals surface area contributed by atoms with E-state index < -0.39 is 6.10 Å². The van der Waals surface area contributed by atoms with E-state index in [0.29, 0.717) is 29.0 Å². The van der Waals surface area contributed by atoms with Crippen LogP contribution >= 0.6 is 11.8 Å². The Morgan fingerprint density at radius 1 is 1.14 bits per heavy atom. The standard InChI is InChI=1S/C20H19N5O2S/c1-14-4-6-15(7-5-14)18(26)13-28-20-24-23-19(17-11-21-8-9-22-17)25(20)12-16-3-2-10-27-16/h2-11,18,26H,12-13H2,1H3. The van der Waals surface area contributed by atoms with Crippen molar-refractivity contribution in [3.8, 4) is 11.5 Å². The van der Waals surface area contributed by atoms with E-state index >= 15 is 0 Å². The largest absolute Gasteiger partial charge is 0.467 e. The highest BCUT2D eigenvalue weighted by Gasteiger charge is 2.18. The third kappa shape index (κ3) is 4.13. The van der Waals surface area contributed by atoms with E-state index in [2.05, 4.69) is 20.2 Å². The van der Waals surface area contributed by atoms with Gasteiger partial charge in [0.2, 0.25) is 0 Å². The van der Waals surface area contributed by atoms with Crippen LogP contribution in [0, 0.1) is 6.92 Å². The SMILES string of the molecule is Cc1ccc(C(O)CSc2nnc(-c3cnccn3)n2Cc2ccco2)cc1. The summed E-state index contributed by atoms with van der Waals surface area (Å²) in [6.07, 6.45) is 5.92. The molecule has 28 heavy (non-hydrogen) atoms. The lowest BCUT2D eigenvalue weighted by molar-refractivity contribution is 0.204. The molecule has 0 saturated carbocycles. The van der Waals surface area contributed by atoms with Crippen LogP contribution in [0.2, 0.25) is 0 Å². The zero-order valence-electron chi connectivity index (χ0n) is 15.3. The summed E-state index contributed by atoms with van der Waals surface area (Å²) in [7, 11) is 0. The molecular weight excluding hydrogens is 374 g/mol. The maximum atomic E-state index is 10.5. The molecule has 8 heteroatoms. The van der Waals surface area contributed by atoms with Crippen molar-refractivity contribution in [1.29, 1.82) is 0 Å². The molecule has 4 aromatic rings. The summed E-state index contributed by atoms with van der Waals surface area (Å²) in [5, 5.41) is 19.8. The topological polar surface area (TPSA) is 89.9 Å². The summed E-state index contributed by atoms with van der Waals surface area (Å²) < 4.78 is 7.41. The molecule has 0 aliphatic rings. The first kappa shape index (κ1) is 18.4. The monoisotopic (exact) mass is 393 g/mol. The molecule has 0 spiro atoms. The maximum Gasteiger partial charge on any atom is 0.192 e. The number of aliphatic hydroxyl groups excluding tert-OH is 1. The van der Waals surface area contributed by atoms with Crippen molar-refractivity contribution in [3.63, 3.8) is 0 Å². The predicted molar refractivity (Wildman–Crippen MR) is 106 cm³/mol. The third-order valence-electron chi connectivity index (χ3n) is 4.24. The second-order valence-electron chi connectivity index (χ2n) is 6.30. The van der Waals surface area contributed by atoms with Crippen LogP contribution in [-0.2, 0) is 6.54 Å². The molecule has 0 aliphatic heterocycles. The highest BCUT2D eigenvalue weighted by molar-refractivity contribution is 7.99. The highest BCUT2D eigenvalue weighted by atomic mass is 32.2. The minimum Gasteiger partial charge on any atom is -0.467 e. The van der Waals surface area contributed by atoms with Crippen LogP contribution in [0.15, 0.2) is 70.8 Å². The van der Waals surface area contributed by atoms with Crippen molar-refractivity contribution in [2.75, 3.05) is 5.75 Å². The van der Waals surface area contributed by atoms with Gasteiger partial charge in [0, 0.05) is 18.1 Å². The van der Waals surface area contributed by atoms with Crippen molar-refractivity contribution in [3.05, 3.63) is 78.1 Å². The molecule has 0 amide bonds. The number of benzene rings is 1. The Morgan fingerprint density at radius 3 is 2.71 bits per heavy atom. The smallest absolute Gasteiger partial charge is 0.192 e. The predicted octanol–water partition coefficient (Wildman–Crippen LogP) is 3.51. The van der Waals surface area contributed by atoms with Crippen LogP contribution in [0.5, 0.6) is 0 Å². The van der Waals surface area contributed by atoms with Crippen molar-refractivity contribution in [2.24, 2.45) is 0 Å². The number of nitrogens with zero attached hydrogens (tertiary/aromatic N) is 5. The number of thioether (sulfide) groups is 1. The molecule has 4 rings (SSSR count). The Labute approximate surface area is 166 Å². The van der Waals surface area contributed by atoms with Gasteiger partial charge in [-0.1, -0.05) is 41.6 Å². The van der Waals surface area contributed by atoms with E-state index in [1.54, 1.807) is 24.9 Å². The molecule has 0 saturated heterocycles. The van der Waals surface area contributed by atoms with Crippen LogP contribution in [-0.4, -0.2) is 35.6 Å². The molecule has 0 fully saturated rings. The van der Waals surface area contributed by atoms with Gasteiger partial charge in [0.1, 0.15) is 11.5 Å². The fourth-order valence-electron chi connectivity index (χ4n) is 2.74. The van der Waals surface area contributed by atoms with Crippen LogP contribution in [0.4, 0.5) is 0 Å². The van der Waals surface area contributed by atoms with Gasteiger partial charge in [-0.05, 0) is 24.6 Å². The minimum atomic E-state index is -0.598. The van der Waals surface area contributed by atoms with E-state index in [-0.39, 0.29) is 0 Å². The van der Waals surface area contributed by atoms with Crippen molar-refractivity contribution < 1.29 is 9.52 Å². The fraction of sp³-hybridized carbons (Fsp3) is 0.200. The summed E-state index contributed by atoms with van der Waals surface area (Å²) >= 11 is 1.44. The van der Waals surface area contributed by atoms with E-state index in [9.17, 15) is 5.11 Å². The van der Waals surface area contributed by atoms with Gasteiger partial charge in [0.15, 0.2) is 11.0 Å². The average Bonchev–Trinajstić information content (AvgIpc) is 3.38. The zero-order chi connectivity index (χ0) is 19.3. The lowest BCUT2D eigenvalue weighted by Gasteiger charge is -2.12. The molecule has 142 valence electrons. The summed E-state index contributed by atoms with van der Waals surface area (Å²) in [6, 6.07) is 11.6. The Morgan fingerprint density at radius 2 is 2.00 bits per heavy atom. The lowest BCUT2D eigenvalue weighted by atomic mass is 10.1. The first-order chi connectivity index (χ1) is 13.7.